The lowest BCUT2D eigenvalue weighted by molar-refractivity contribution is 0.413. The highest BCUT2D eigenvalue weighted by Crippen LogP contribution is 2.41. The van der Waals surface area contributed by atoms with Gasteiger partial charge in [0.1, 0.15) is 17.2 Å². The van der Waals surface area contributed by atoms with Crippen LogP contribution < -0.4 is 25.4 Å². The third kappa shape index (κ3) is 13.8. The Morgan fingerprint density at radius 3 is 1.59 bits per heavy atom. The van der Waals surface area contributed by atoms with Crippen LogP contribution in [0.4, 0.5) is 17.1 Å². The second-order valence-electron chi connectivity index (χ2n) is 14.3. The zero-order chi connectivity index (χ0) is 46.7. The van der Waals surface area contributed by atoms with Gasteiger partial charge in [0.05, 0.1) is 43.0 Å². The van der Waals surface area contributed by atoms with Gasteiger partial charge in [-0.15, -0.1) is 11.3 Å². The summed E-state index contributed by atoms with van der Waals surface area (Å²) in [5.74, 6) is 2.27. The molecule has 0 saturated heterocycles. The van der Waals surface area contributed by atoms with Gasteiger partial charge in [0.25, 0.3) is 0 Å². The molecule has 1 heterocycles. The number of nitrogens with one attached hydrogen (secondary N) is 3. The maximum absolute atomic E-state index is 10.2. The van der Waals surface area contributed by atoms with Crippen molar-refractivity contribution in [2.45, 2.75) is 47.3 Å². The summed E-state index contributed by atoms with van der Waals surface area (Å²) in [4.78, 5) is 1.15. The van der Waals surface area contributed by atoms with Crippen molar-refractivity contribution in [3.05, 3.63) is 175 Å². The largest absolute Gasteiger partial charge is 0.504 e. The van der Waals surface area contributed by atoms with E-state index in [1.165, 1.54) is 5.56 Å². The van der Waals surface area contributed by atoms with Crippen molar-refractivity contribution in [1.29, 1.82) is 0 Å². The molecule has 0 aliphatic heterocycles. The topological polar surface area (TPSA) is 115 Å². The van der Waals surface area contributed by atoms with Crippen molar-refractivity contribution in [2.75, 3.05) is 23.1 Å². The molecule has 8 nitrogen and oxygen atoms in total. The fraction of sp³-hybridized carbons (Fsp3) is 0.167. The number of halogens is 7. The lowest BCUT2D eigenvalue weighted by atomic mass is 10.1. The van der Waals surface area contributed by atoms with Gasteiger partial charge in [-0.1, -0.05) is 112 Å². The number of hydrogen-bond donors (Lipinski definition) is 6. The average Bonchev–Trinajstić information content (AvgIpc) is 3.71. The van der Waals surface area contributed by atoms with Crippen LogP contribution in [-0.2, 0) is 19.6 Å². The Hall–Kier alpha value is -4.36. The maximum atomic E-state index is 10.2. The van der Waals surface area contributed by atoms with Gasteiger partial charge in [0.15, 0.2) is 17.2 Å². The van der Waals surface area contributed by atoms with E-state index in [0.717, 1.165) is 36.9 Å². The summed E-state index contributed by atoms with van der Waals surface area (Å²) in [5.41, 5.74) is 7.03. The molecule has 0 bridgehead atoms. The molecule has 0 aliphatic rings. The Kier molecular flexibility index (Phi) is 18.8. The van der Waals surface area contributed by atoms with Crippen molar-refractivity contribution >= 4 is 114 Å². The first-order valence-corrected chi connectivity index (χ1v) is 23.3. The molecular weight excluding hydrogens is 1020 g/mol. The molecular formula is C48H44BrCl6N3O5S. The summed E-state index contributed by atoms with van der Waals surface area (Å²) in [6, 6.07) is 32.1. The number of aryl methyl sites for hydroxylation is 1. The van der Waals surface area contributed by atoms with Gasteiger partial charge < -0.3 is 40.7 Å². The summed E-state index contributed by atoms with van der Waals surface area (Å²) in [7, 11) is 1.62. The van der Waals surface area contributed by atoms with E-state index in [4.69, 9.17) is 79.1 Å². The van der Waals surface area contributed by atoms with E-state index in [-0.39, 0.29) is 27.3 Å². The molecule has 1 aromatic heterocycles. The molecule has 0 amide bonds. The fourth-order valence-corrected chi connectivity index (χ4v) is 8.73. The molecule has 64 heavy (non-hydrogen) atoms. The number of rotatable bonds is 12. The molecule has 0 atom stereocenters. The predicted molar refractivity (Wildman–Crippen MR) is 273 cm³/mol. The first kappa shape index (κ1) is 50.6. The van der Waals surface area contributed by atoms with Crippen molar-refractivity contribution in [1.82, 2.24) is 0 Å². The van der Waals surface area contributed by atoms with Crippen molar-refractivity contribution in [3.8, 4) is 34.5 Å². The third-order valence-corrected chi connectivity index (χ3v) is 13.6. The summed E-state index contributed by atoms with van der Waals surface area (Å²) >= 11 is 41.3. The van der Waals surface area contributed by atoms with Gasteiger partial charge in [-0.25, -0.2) is 0 Å². The second kappa shape index (κ2) is 23.7. The molecule has 6 aromatic carbocycles. The molecule has 336 valence electrons. The van der Waals surface area contributed by atoms with Crippen LogP contribution in [0.2, 0.25) is 30.1 Å². The number of phenols is 3. The van der Waals surface area contributed by atoms with Crippen molar-refractivity contribution in [2.24, 2.45) is 0 Å². The van der Waals surface area contributed by atoms with E-state index in [1.54, 1.807) is 50.5 Å². The predicted octanol–water partition coefficient (Wildman–Crippen LogP) is 16.8. The molecule has 0 spiro atoms. The molecule has 7 aromatic rings. The average molecular weight is 1070 g/mol. The van der Waals surface area contributed by atoms with Gasteiger partial charge in [-0.2, -0.15) is 0 Å². The van der Waals surface area contributed by atoms with Gasteiger partial charge in [0.2, 0.25) is 0 Å². The summed E-state index contributed by atoms with van der Waals surface area (Å²) in [6.07, 6.45) is 0. The van der Waals surface area contributed by atoms with Crippen LogP contribution in [0.15, 0.2) is 107 Å². The number of thiophene rings is 1. The monoisotopic (exact) mass is 1060 g/mol. The van der Waals surface area contributed by atoms with E-state index in [0.29, 0.717) is 73.7 Å². The minimum Gasteiger partial charge on any atom is -0.504 e. The Bertz CT molecular complexity index is 2690. The lowest BCUT2D eigenvalue weighted by Gasteiger charge is -2.13. The highest BCUT2D eigenvalue weighted by molar-refractivity contribution is 9.11. The lowest BCUT2D eigenvalue weighted by Crippen LogP contribution is -2.00. The second-order valence-corrected chi connectivity index (χ2v) is 19.2. The number of anilines is 3. The number of benzene rings is 6. The minimum absolute atomic E-state index is 0.01000. The molecule has 0 saturated carbocycles. The van der Waals surface area contributed by atoms with E-state index >= 15 is 0 Å². The highest BCUT2D eigenvalue weighted by Gasteiger charge is 2.15. The van der Waals surface area contributed by atoms with Gasteiger partial charge in [-0.05, 0) is 138 Å². The summed E-state index contributed by atoms with van der Waals surface area (Å²) in [5, 5.41) is 41.9. The van der Waals surface area contributed by atoms with Gasteiger partial charge >= 0.3 is 0 Å². The Labute approximate surface area is 415 Å². The summed E-state index contributed by atoms with van der Waals surface area (Å²) in [6.45, 7) is 9.10. The summed E-state index contributed by atoms with van der Waals surface area (Å²) < 4.78 is 12.1. The normalized spacial score (nSPS) is 10.6. The van der Waals surface area contributed by atoms with Crippen LogP contribution in [-0.4, -0.2) is 22.4 Å². The van der Waals surface area contributed by atoms with Crippen molar-refractivity contribution in [3.63, 3.8) is 0 Å². The Morgan fingerprint density at radius 1 is 0.531 bits per heavy atom. The molecule has 0 fully saturated rings. The fourth-order valence-electron chi connectivity index (χ4n) is 5.94. The first-order chi connectivity index (χ1) is 30.4. The Balaban J connectivity index is 0.000000186. The van der Waals surface area contributed by atoms with Crippen LogP contribution in [0, 0.1) is 27.7 Å². The molecule has 6 N–H and O–H groups in total. The SMILES string of the molecule is COc1ccc(Oc2cccc(CNc3cc(Cl)c(C)c(Cl)c3O)c2)cc1.Cc1c(Cl)cc(Cl)c(O)c1NCc1ccc(Br)s1.Cc1cccc(CNc2cc(Cl)c(C)c(Cl)c2O)c1. The number of hydrogen-bond acceptors (Lipinski definition) is 9. The maximum Gasteiger partial charge on any atom is 0.157 e. The first-order valence-electron chi connectivity index (χ1n) is 19.4. The van der Waals surface area contributed by atoms with Crippen LogP contribution in [0.5, 0.6) is 34.5 Å². The van der Waals surface area contributed by atoms with Crippen LogP contribution in [0.3, 0.4) is 0 Å². The number of ether oxygens (including phenoxy) is 2. The number of phenolic OH excluding ortho intramolecular Hbond substituents is 3. The van der Waals surface area contributed by atoms with Crippen LogP contribution >= 0.6 is 96.9 Å². The number of aromatic hydroxyl groups is 3. The van der Waals surface area contributed by atoms with E-state index in [9.17, 15) is 15.3 Å². The molecule has 16 heteroatoms. The van der Waals surface area contributed by atoms with Crippen LogP contribution in [0.25, 0.3) is 0 Å². The van der Waals surface area contributed by atoms with Crippen molar-refractivity contribution < 1.29 is 24.8 Å². The molecule has 7 rings (SSSR count). The molecule has 0 aliphatic carbocycles. The zero-order valence-electron chi connectivity index (χ0n) is 35.1. The quantitative estimate of drug-likeness (QED) is 0.0671. The Morgan fingerprint density at radius 2 is 1.06 bits per heavy atom. The van der Waals surface area contributed by atoms with E-state index in [1.807, 2.05) is 92.7 Å². The van der Waals surface area contributed by atoms with E-state index in [2.05, 4.69) is 37.9 Å². The molecule has 0 unspecified atom stereocenters. The smallest absolute Gasteiger partial charge is 0.157 e. The van der Waals surface area contributed by atoms with Crippen LogP contribution in [0.1, 0.15) is 38.3 Å². The minimum atomic E-state index is -0.01000. The zero-order valence-corrected chi connectivity index (χ0v) is 42.1. The van der Waals surface area contributed by atoms with Gasteiger partial charge in [-0.3, -0.25) is 0 Å². The van der Waals surface area contributed by atoms with E-state index < -0.39 is 0 Å². The third-order valence-electron chi connectivity index (χ3n) is 9.60. The highest BCUT2D eigenvalue weighted by atomic mass is 79.9. The van der Waals surface area contributed by atoms with Gasteiger partial charge in [0, 0.05) is 39.6 Å². The number of methoxy groups -OCH3 is 1. The molecule has 0 radical (unpaired) electrons. The standard InChI is InChI=1S/C21H19Cl2NO3.C15H15Cl2NO.C12H10BrCl2NOS/c1-13-18(22)11-19(21(25)20(13)23)24-12-14-4-3-5-17(10-14)27-16-8-6-15(26-2)7-9-16;1-9-4-3-5-11(6-9)8-18-13-7-12(16)10(2)14(17)15(13)19;1-6-8(14)4-9(15)12(17)11(6)16-5-7-2-3-10(13)18-7/h3-11,24-25H,12H2,1-2H3;3-7,18-19H,8H2,1-2H3;2-4,16-17H,5H2,1H3.